The van der Waals surface area contributed by atoms with Gasteiger partial charge in [0.25, 0.3) is 5.91 Å². The fourth-order valence-electron chi connectivity index (χ4n) is 3.09. The van der Waals surface area contributed by atoms with Gasteiger partial charge in [0, 0.05) is 17.6 Å². The van der Waals surface area contributed by atoms with Gasteiger partial charge in [0.1, 0.15) is 0 Å². The van der Waals surface area contributed by atoms with E-state index in [-0.39, 0.29) is 24.4 Å². The van der Waals surface area contributed by atoms with E-state index in [2.05, 4.69) is 15.6 Å². The summed E-state index contributed by atoms with van der Waals surface area (Å²) in [6.07, 6.45) is 3.80. The average Bonchev–Trinajstić information content (AvgIpc) is 3.10. The zero-order chi connectivity index (χ0) is 17.8. The summed E-state index contributed by atoms with van der Waals surface area (Å²) in [5.41, 5.74) is 1.40. The van der Waals surface area contributed by atoms with Crippen LogP contribution in [0.5, 0.6) is 0 Å². The zero-order valence-corrected chi connectivity index (χ0v) is 16.6. The predicted molar refractivity (Wildman–Crippen MR) is 105 cm³/mol. The number of hydrogen-bond donors (Lipinski definition) is 1. The van der Waals surface area contributed by atoms with Gasteiger partial charge in [-0.3, -0.25) is 4.79 Å². The summed E-state index contributed by atoms with van der Waals surface area (Å²) in [6, 6.07) is 7.95. The molecule has 2 heterocycles. The van der Waals surface area contributed by atoms with E-state index in [9.17, 15) is 4.79 Å². The minimum absolute atomic E-state index is 0. The highest BCUT2D eigenvalue weighted by atomic mass is 35.5. The molecule has 2 aromatic rings. The number of hydrogen-bond acceptors (Lipinski definition) is 4. The van der Waals surface area contributed by atoms with E-state index < -0.39 is 0 Å². The Bertz CT molecular complexity index is 728. The molecule has 0 aliphatic carbocycles. The minimum Gasteiger partial charge on any atom is -0.330 e. The molecule has 0 radical (unpaired) electrons. The topological polar surface area (TPSA) is 63.1 Å². The summed E-state index contributed by atoms with van der Waals surface area (Å²) in [5.74, 6) is -0.102. The van der Waals surface area contributed by atoms with Gasteiger partial charge < -0.3 is 10.2 Å². The highest BCUT2D eigenvalue weighted by Gasteiger charge is 2.24. The smallest absolute Gasteiger partial charge is 0.276 e. The lowest BCUT2D eigenvalue weighted by molar-refractivity contribution is 0.0684. The normalized spacial score (nSPS) is 14.9. The third-order valence-corrected chi connectivity index (χ3v) is 4.77. The van der Waals surface area contributed by atoms with Crippen LogP contribution in [-0.4, -0.2) is 44.9 Å². The Morgan fingerprint density at radius 3 is 2.77 bits per heavy atom. The van der Waals surface area contributed by atoms with Crippen molar-refractivity contribution in [2.45, 2.75) is 45.3 Å². The van der Waals surface area contributed by atoms with Crippen LogP contribution in [0.2, 0.25) is 5.02 Å². The molecule has 1 saturated heterocycles. The molecule has 1 amide bonds. The van der Waals surface area contributed by atoms with Crippen LogP contribution in [0.4, 0.5) is 0 Å². The summed E-state index contributed by atoms with van der Waals surface area (Å²) in [7, 11) is 0. The SMILES string of the molecule is CC(C)N(Cc1cccc(Cl)c1)C(=O)c1cn(C2CCNCC2)nn1.Cl. The Morgan fingerprint density at radius 2 is 2.12 bits per heavy atom. The average molecular weight is 398 g/mol. The van der Waals surface area contributed by atoms with Gasteiger partial charge in [0.15, 0.2) is 5.69 Å². The van der Waals surface area contributed by atoms with Gasteiger partial charge >= 0.3 is 0 Å². The van der Waals surface area contributed by atoms with Crippen LogP contribution in [0.15, 0.2) is 30.5 Å². The van der Waals surface area contributed by atoms with Crippen LogP contribution >= 0.6 is 24.0 Å². The van der Waals surface area contributed by atoms with Crippen LogP contribution in [0.3, 0.4) is 0 Å². The first kappa shape index (κ1) is 20.7. The Labute approximate surface area is 165 Å². The molecule has 1 fully saturated rings. The first-order valence-corrected chi connectivity index (χ1v) is 9.10. The maximum atomic E-state index is 12.9. The van der Waals surface area contributed by atoms with Gasteiger partial charge in [0.05, 0.1) is 12.2 Å². The molecular formula is C18H25Cl2N5O. The molecule has 1 aliphatic heterocycles. The monoisotopic (exact) mass is 397 g/mol. The number of halogens is 2. The number of aromatic nitrogens is 3. The lowest BCUT2D eigenvalue weighted by Crippen LogP contribution is -2.36. The lowest BCUT2D eigenvalue weighted by Gasteiger charge is -2.26. The number of rotatable bonds is 5. The third kappa shape index (κ3) is 4.96. The van der Waals surface area contributed by atoms with E-state index in [1.54, 1.807) is 11.1 Å². The number of piperidine rings is 1. The van der Waals surface area contributed by atoms with Crippen molar-refractivity contribution in [1.29, 1.82) is 0 Å². The van der Waals surface area contributed by atoms with E-state index in [1.165, 1.54) is 0 Å². The van der Waals surface area contributed by atoms with Crippen LogP contribution in [0, 0.1) is 0 Å². The molecule has 0 unspecified atom stereocenters. The van der Waals surface area contributed by atoms with Gasteiger partial charge in [-0.2, -0.15) is 0 Å². The Morgan fingerprint density at radius 1 is 1.38 bits per heavy atom. The summed E-state index contributed by atoms with van der Waals surface area (Å²) < 4.78 is 1.84. The van der Waals surface area contributed by atoms with Crippen LogP contribution in [0.25, 0.3) is 0 Å². The second-order valence-electron chi connectivity index (χ2n) is 6.72. The number of benzene rings is 1. The molecule has 142 valence electrons. The standard InChI is InChI=1S/C18H24ClN5O.ClH/c1-13(2)23(11-14-4-3-5-15(19)10-14)18(25)17-12-24(22-21-17)16-6-8-20-9-7-16;/h3-5,10,12-13,16,20H,6-9,11H2,1-2H3;1H. The maximum Gasteiger partial charge on any atom is 0.276 e. The fourth-order valence-corrected chi connectivity index (χ4v) is 3.31. The first-order chi connectivity index (χ1) is 12.0. The van der Waals surface area contributed by atoms with Crippen molar-refractivity contribution in [1.82, 2.24) is 25.2 Å². The molecule has 3 rings (SSSR count). The van der Waals surface area contributed by atoms with Crippen molar-refractivity contribution >= 4 is 29.9 Å². The fraction of sp³-hybridized carbons (Fsp3) is 0.500. The molecule has 1 aromatic heterocycles. The molecule has 1 aromatic carbocycles. The van der Waals surface area contributed by atoms with E-state index in [0.29, 0.717) is 23.3 Å². The van der Waals surface area contributed by atoms with Crippen molar-refractivity contribution in [3.63, 3.8) is 0 Å². The van der Waals surface area contributed by atoms with Crippen LogP contribution in [0.1, 0.15) is 48.8 Å². The molecule has 0 saturated carbocycles. The molecular weight excluding hydrogens is 373 g/mol. The molecule has 26 heavy (non-hydrogen) atoms. The number of carbonyl (C=O) groups excluding carboxylic acids is 1. The summed E-state index contributed by atoms with van der Waals surface area (Å²) in [5, 5.41) is 12.3. The Kier molecular flexibility index (Phi) is 7.43. The van der Waals surface area contributed by atoms with Gasteiger partial charge in [0.2, 0.25) is 0 Å². The van der Waals surface area contributed by atoms with Crippen molar-refractivity contribution in [2.24, 2.45) is 0 Å². The van der Waals surface area contributed by atoms with Gasteiger partial charge in [-0.1, -0.05) is 28.9 Å². The van der Waals surface area contributed by atoms with E-state index in [4.69, 9.17) is 11.6 Å². The molecule has 8 heteroatoms. The number of carbonyl (C=O) groups is 1. The largest absolute Gasteiger partial charge is 0.330 e. The van der Waals surface area contributed by atoms with Crippen LogP contribution in [-0.2, 0) is 6.54 Å². The minimum atomic E-state index is -0.102. The second kappa shape index (κ2) is 9.35. The highest BCUT2D eigenvalue weighted by Crippen LogP contribution is 2.19. The summed E-state index contributed by atoms with van der Waals surface area (Å²) in [6.45, 7) is 6.44. The predicted octanol–water partition coefficient (Wildman–Crippen LogP) is 3.33. The molecule has 6 nitrogen and oxygen atoms in total. The maximum absolute atomic E-state index is 12.9. The Hall–Kier alpha value is -1.63. The van der Waals surface area contributed by atoms with Gasteiger partial charge in [-0.05, 0) is 57.5 Å². The molecule has 1 aliphatic rings. The lowest BCUT2D eigenvalue weighted by atomic mass is 10.1. The third-order valence-electron chi connectivity index (χ3n) is 4.54. The molecule has 0 spiro atoms. The van der Waals surface area contributed by atoms with E-state index >= 15 is 0 Å². The molecule has 0 atom stereocenters. The molecule has 0 bridgehead atoms. The molecule has 1 N–H and O–H groups in total. The van der Waals surface area contributed by atoms with Crippen LogP contribution < -0.4 is 5.32 Å². The van der Waals surface area contributed by atoms with Gasteiger partial charge in [-0.25, -0.2) is 4.68 Å². The first-order valence-electron chi connectivity index (χ1n) is 8.72. The van der Waals surface area contributed by atoms with Crippen molar-refractivity contribution in [3.05, 3.63) is 46.7 Å². The number of amides is 1. The van der Waals surface area contributed by atoms with E-state index in [1.807, 2.05) is 42.8 Å². The number of nitrogens with zero attached hydrogens (tertiary/aromatic N) is 4. The van der Waals surface area contributed by atoms with Crippen molar-refractivity contribution < 1.29 is 4.79 Å². The van der Waals surface area contributed by atoms with Crippen molar-refractivity contribution in [2.75, 3.05) is 13.1 Å². The second-order valence-corrected chi connectivity index (χ2v) is 7.16. The van der Waals surface area contributed by atoms with Gasteiger partial charge in [-0.15, -0.1) is 17.5 Å². The zero-order valence-electron chi connectivity index (χ0n) is 15.1. The van der Waals surface area contributed by atoms with Crippen molar-refractivity contribution in [3.8, 4) is 0 Å². The summed E-state index contributed by atoms with van der Waals surface area (Å²) in [4.78, 5) is 14.7. The number of nitrogens with one attached hydrogen (secondary N) is 1. The summed E-state index contributed by atoms with van der Waals surface area (Å²) >= 11 is 6.06. The van der Waals surface area contributed by atoms with E-state index in [0.717, 1.165) is 31.5 Å². The highest BCUT2D eigenvalue weighted by molar-refractivity contribution is 6.30. The Balaban J connectivity index is 0.00000243. The quantitative estimate of drug-likeness (QED) is 0.839.